The Morgan fingerprint density at radius 2 is 2.21 bits per heavy atom. The number of hydrogen-bond acceptors (Lipinski definition) is 3. The first-order valence-electron chi connectivity index (χ1n) is 6.82. The van der Waals surface area contributed by atoms with Crippen molar-refractivity contribution in [3.63, 3.8) is 0 Å². The predicted molar refractivity (Wildman–Crippen MR) is 83.8 cm³/mol. The summed E-state index contributed by atoms with van der Waals surface area (Å²) < 4.78 is 1.14. The van der Waals surface area contributed by atoms with Gasteiger partial charge >= 0.3 is 0 Å². The summed E-state index contributed by atoms with van der Waals surface area (Å²) in [6.07, 6.45) is 1.06. The van der Waals surface area contributed by atoms with Crippen LogP contribution in [0, 0.1) is 6.92 Å². The average Bonchev–Trinajstić information content (AvgIpc) is 2.51. The summed E-state index contributed by atoms with van der Waals surface area (Å²) in [5.41, 5.74) is 2.55. The molecule has 1 fully saturated rings. The molecule has 19 heavy (non-hydrogen) atoms. The molecule has 1 saturated heterocycles. The minimum atomic E-state index is 0.0889. The number of aliphatic hydroxyl groups excluding tert-OH is 1. The number of benzene rings is 1. The van der Waals surface area contributed by atoms with E-state index in [0.717, 1.165) is 24.0 Å². The molecule has 1 aromatic rings. The number of aliphatic hydroxyl groups is 1. The first-order chi connectivity index (χ1) is 8.94. The van der Waals surface area contributed by atoms with Crippen molar-refractivity contribution in [2.75, 3.05) is 24.6 Å². The van der Waals surface area contributed by atoms with Crippen molar-refractivity contribution in [2.24, 2.45) is 0 Å². The van der Waals surface area contributed by atoms with Crippen molar-refractivity contribution >= 4 is 21.6 Å². The maximum atomic E-state index is 9.45. The van der Waals surface area contributed by atoms with Gasteiger partial charge in [-0.15, -0.1) is 0 Å². The minimum absolute atomic E-state index is 0.0889. The fourth-order valence-electron chi connectivity index (χ4n) is 2.58. The first kappa shape index (κ1) is 14.8. The molecule has 0 radical (unpaired) electrons. The van der Waals surface area contributed by atoms with Crippen LogP contribution in [0.15, 0.2) is 22.7 Å². The van der Waals surface area contributed by atoms with E-state index < -0.39 is 0 Å². The third-order valence-corrected chi connectivity index (χ3v) is 4.85. The van der Waals surface area contributed by atoms with Crippen LogP contribution in [0.25, 0.3) is 0 Å². The van der Waals surface area contributed by atoms with Gasteiger partial charge in [-0.1, -0.05) is 22.0 Å². The molecule has 1 unspecified atom stereocenters. The average molecular weight is 327 g/mol. The van der Waals surface area contributed by atoms with Crippen LogP contribution < -0.4 is 10.2 Å². The summed E-state index contributed by atoms with van der Waals surface area (Å²) in [4.78, 5) is 2.40. The monoisotopic (exact) mass is 326 g/mol. The molecule has 1 aliphatic rings. The zero-order valence-electron chi connectivity index (χ0n) is 11.9. The van der Waals surface area contributed by atoms with Crippen LogP contribution in [0.1, 0.15) is 25.8 Å². The molecule has 0 aliphatic carbocycles. The van der Waals surface area contributed by atoms with Crippen molar-refractivity contribution < 1.29 is 5.11 Å². The molecule has 106 valence electrons. The molecule has 1 aromatic carbocycles. The largest absolute Gasteiger partial charge is 0.395 e. The molecule has 2 rings (SSSR count). The zero-order chi connectivity index (χ0) is 14.0. The highest BCUT2D eigenvalue weighted by Crippen LogP contribution is 2.31. The summed E-state index contributed by atoms with van der Waals surface area (Å²) in [7, 11) is 0. The number of nitrogens with zero attached hydrogens (tertiary/aromatic N) is 1. The third-order valence-electron chi connectivity index (χ3n) is 3.99. The van der Waals surface area contributed by atoms with Gasteiger partial charge in [0.25, 0.3) is 0 Å². The Balaban J connectivity index is 2.33. The van der Waals surface area contributed by atoms with E-state index in [4.69, 9.17) is 0 Å². The van der Waals surface area contributed by atoms with Gasteiger partial charge in [-0.25, -0.2) is 0 Å². The second-order valence-electron chi connectivity index (χ2n) is 5.94. The van der Waals surface area contributed by atoms with Crippen LogP contribution in [0.4, 0.5) is 5.69 Å². The lowest BCUT2D eigenvalue weighted by Crippen LogP contribution is -2.47. The van der Waals surface area contributed by atoms with Crippen LogP contribution in [0.3, 0.4) is 0 Å². The van der Waals surface area contributed by atoms with E-state index in [9.17, 15) is 5.11 Å². The van der Waals surface area contributed by atoms with Crippen molar-refractivity contribution in [3.8, 4) is 0 Å². The molecule has 3 nitrogen and oxygen atoms in total. The van der Waals surface area contributed by atoms with E-state index in [-0.39, 0.29) is 18.2 Å². The Kier molecular flexibility index (Phi) is 4.54. The van der Waals surface area contributed by atoms with Gasteiger partial charge in [0, 0.05) is 28.3 Å². The molecule has 2 N–H and O–H groups in total. The molecule has 0 saturated carbocycles. The number of halogens is 1. The Labute approximate surface area is 124 Å². The highest BCUT2D eigenvalue weighted by molar-refractivity contribution is 9.10. The Morgan fingerprint density at radius 3 is 2.84 bits per heavy atom. The highest BCUT2D eigenvalue weighted by Gasteiger charge is 2.31. The van der Waals surface area contributed by atoms with E-state index in [1.807, 2.05) is 0 Å². The highest BCUT2D eigenvalue weighted by atomic mass is 79.9. The van der Waals surface area contributed by atoms with Crippen LogP contribution >= 0.6 is 15.9 Å². The van der Waals surface area contributed by atoms with Crippen molar-refractivity contribution in [3.05, 3.63) is 28.2 Å². The summed E-state index contributed by atoms with van der Waals surface area (Å²) in [5, 5.41) is 12.9. The summed E-state index contributed by atoms with van der Waals surface area (Å²) in [6, 6.07) is 6.63. The van der Waals surface area contributed by atoms with Crippen molar-refractivity contribution in [2.45, 2.75) is 38.8 Å². The maximum absolute atomic E-state index is 9.45. The number of hydrogen-bond donors (Lipinski definition) is 2. The van der Waals surface area contributed by atoms with Gasteiger partial charge in [-0.2, -0.15) is 0 Å². The topological polar surface area (TPSA) is 35.5 Å². The number of nitrogens with one attached hydrogen (secondary N) is 1. The normalized spacial score (nSPS) is 23.2. The number of aryl methyl sites for hydroxylation is 1. The zero-order valence-corrected chi connectivity index (χ0v) is 13.5. The standard InChI is InChI=1S/C15H23BrN2O/c1-11-4-5-13(8-14(11)16)18-9-12(10-19)17-7-6-15(18,2)3/h4-5,8,12,17,19H,6-7,9-10H2,1-3H3. The number of anilines is 1. The van der Waals surface area contributed by atoms with Crippen LogP contribution in [0.2, 0.25) is 0 Å². The molecule has 0 aromatic heterocycles. The van der Waals surface area contributed by atoms with E-state index in [2.05, 4.69) is 65.1 Å². The smallest absolute Gasteiger partial charge is 0.0601 e. The van der Waals surface area contributed by atoms with Gasteiger partial charge < -0.3 is 15.3 Å². The van der Waals surface area contributed by atoms with Gasteiger partial charge in [-0.05, 0) is 51.4 Å². The van der Waals surface area contributed by atoms with Crippen LogP contribution in [-0.4, -0.2) is 36.4 Å². The van der Waals surface area contributed by atoms with Gasteiger partial charge in [0.2, 0.25) is 0 Å². The van der Waals surface area contributed by atoms with E-state index in [1.54, 1.807) is 0 Å². The van der Waals surface area contributed by atoms with Crippen LogP contribution in [-0.2, 0) is 0 Å². The van der Waals surface area contributed by atoms with E-state index in [1.165, 1.54) is 11.3 Å². The van der Waals surface area contributed by atoms with Gasteiger partial charge in [0.05, 0.1) is 6.61 Å². The third kappa shape index (κ3) is 3.30. The van der Waals surface area contributed by atoms with Crippen molar-refractivity contribution in [1.82, 2.24) is 5.32 Å². The molecule has 0 bridgehead atoms. The van der Waals surface area contributed by atoms with E-state index >= 15 is 0 Å². The fraction of sp³-hybridized carbons (Fsp3) is 0.600. The Bertz CT molecular complexity index is 448. The van der Waals surface area contributed by atoms with Gasteiger partial charge in [-0.3, -0.25) is 0 Å². The molecule has 0 amide bonds. The molecule has 0 spiro atoms. The number of rotatable bonds is 2. The SMILES string of the molecule is Cc1ccc(N2CC(CO)NCCC2(C)C)cc1Br. The lowest BCUT2D eigenvalue weighted by atomic mass is 9.97. The summed E-state index contributed by atoms with van der Waals surface area (Å²) in [6.45, 7) is 8.59. The van der Waals surface area contributed by atoms with Crippen molar-refractivity contribution in [1.29, 1.82) is 0 Å². The predicted octanol–water partition coefficient (Wildman–Crippen LogP) is 2.70. The molecule has 4 heteroatoms. The Hall–Kier alpha value is -0.580. The van der Waals surface area contributed by atoms with Gasteiger partial charge in [0.15, 0.2) is 0 Å². The second kappa shape index (κ2) is 5.81. The molecular formula is C15H23BrN2O. The second-order valence-corrected chi connectivity index (χ2v) is 6.79. The first-order valence-corrected chi connectivity index (χ1v) is 7.61. The summed E-state index contributed by atoms with van der Waals surface area (Å²) >= 11 is 3.61. The maximum Gasteiger partial charge on any atom is 0.0601 e. The van der Waals surface area contributed by atoms with E-state index in [0.29, 0.717) is 0 Å². The lowest BCUT2D eigenvalue weighted by molar-refractivity contribution is 0.248. The molecule has 1 atom stereocenters. The fourth-order valence-corrected chi connectivity index (χ4v) is 2.94. The molecular weight excluding hydrogens is 304 g/mol. The quantitative estimate of drug-likeness (QED) is 0.877. The van der Waals surface area contributed by atoms with Gasteiger partial charge in [0.1, 0.15) is 0 Å². The lowest BCUT2D eigenvalue weighted by Gasteiger charge is -2.40. The summed E-state index contributed by atoms with van der Waals surface area (Å²) in [5.74, 6) is 0. The molecule has 1 heterocycles. The Morgan fingerprint density at radius 1 is 1.47 bits per heavy atom. The minimum Gasteiger partial charge on any atom is -0.395 e. The molecule has 1 aliphatic heterocycles. The van der Waals surface area contributed by atoms with Crippen LogP contribution in [0.5, 0.6) is 0 Å².